The molecule has 0 spiro atoms. The molecule has 0 bridgehead atoms. The van der Waals surface area contributed by atoms with Gasteiger partial charge in [0.05, 0.1) is 37.4 Å². The Labute approximate surface area is 158 Å². The number of methoxy groups -OCH3 is 1. The van der Waals surface area contributed by atoms with Crippen LogP contribution in [0.4, 0.5) is 10.6 Å². The molecular formula is C18H27N5O4. The number of aromatic nitrogens is 3. The number of ether oxygens (including phenoxy) is 3. The van der Waals surface area contributed by atoms with Gasteiger partial charge in [-0.05, 0) is 20.8 Å². The molecule has 0 aromatic carbocycles. The number of H-pyrrole nitrogens is 1. The lowest BCUT2D eigenvalue weighted by atomic mass is 10.1. The highest BCUT2D eigenvalue weighted by Crippen LogP contribution is 2.37. The summed E-state index contributed by atoms with van der Waals surface area (Å²) in [6, 6.07) is 1.69. The number of nitrogens with two attached hydrogens (primary N) is 1. The topological polar surface area (TPSA) is 124 Å². The van der Waals surface area contributed by atoms with Crippen molar-refractivity contribution in [2.24, 2.45) is 5.92 Å². The maximum Gasteiger partial charge on any atom is 0.407 e. The van der Waals surface area contributed by atoms with Crippen LogP contribution in [0.2, 0.25) is 0 Å². The third-order valence-corrected chi connectivity index (χ3v) is 3.48. The Kier molecular flexibility index (Phi) is 6.49. The van der Waals surface area contributed by atoms with E-state index in [1.165, 1.54) is 0 Å². The van der Waals surface area contributed by atoms with E-state index in [-0.39, 0.29) is 5.92 Å². The third-order valence-electron chi connectivity index (χ3n) is 3.48. The highest BCUT2D eigenvalue weighted by Gasteiger charge is 2.18. The predicted molar refractivity (Wildman–Crippen MR) is 102 cm³/mol. The van der Waals surface area contributed by atoms with Crippen molar-refractivity contribution >= 4 is 11.9 Å². The van der Waals surface area contributed by atoms with Crippen molar-refractivity contribution in [1.29, 1.82) is 0 Å². The first-order valence-electron chi connectivity index (χ1n) is 8.62. The minimum Gasteiger partial charge on any atom is -0.494 e. The number of nitrogens with zero attached hydrogens (tertiary/aromatic N) is 2. The maximum absolute atomic E-state index is 11.7. The molecule has 2 aromatic rings. The number of nitrogens with one attached hydrogen (secondary N) is 2. The first-order chi connectivity index (χ1) is 12.7. The van der Waals surface area contributed by atoms with Crippen LogP contribution in [0.5, 0.6) is 11.5 Å². The predicted octanol–water partition coefficient (Wildman–Crippen LogP) is 2.60. The Balaban J connectivity index is 2.00. The zero-order valence-electron chi connectivity index (χ0n) is 16.3. The number of amides is 1. The normalized spacial score (nSPS) is 12.3. The van der Waals surface area contributed by atoms with Crippen molar-refractivity contribution < 1.29 is 19.0 Å². The number of nitrogen functional groups attached to an aromatic ring is 1. The summed E-state index contributed by atoms with van der Waals surface area (Å²) in [7, 11) is 1.55. The lowest BCUT2D eigenvalue weighted by molar-refractivity contribution is 0.0516. The van der Waals surface area contributed by atoms with Crippen LogP contribution in [0.1, 0.15) is 27.7 Å². The van der Waals surface area contributed by atoms with Gasteiger partial charge < -0.3 is 25.3 Å². The minimum atomic E-state index is -0.531. The van der Waals surface area contributed by atoms with Gasteiger partial charge in [-0.3, -0.25) is 10.1 Å². The number of carbonyl (C=O) groups excluding carboxylic acids is 1. The van der Waals surface area contributed by atoms with Crippen molar-refractivity contribution in [3.05, 3.63) is 18.5 Å². The average Bonchev–Trinajstić information content (AvgIpc) is 3.02. The lowest BCUT2D eigenvalue weighted by Gasteiger charge is -2.21. The molecule has 2 heterocycles. The number of anilines is 1. The van der Waals surface area contributed by atoms with Crippen LogP contribution in [0.3, 0.4) is 0 Å². The van der Waals surface area contributed by atoms with Crippen molar-refractivity contribution in [3.8, 4) is 22.8 Å². The van der Waals surface area contributed by atoms with E-state index in [0.717, 1.165) is 0 Å². The summed E-state index contributed by atoms with van der Waals surface area (Å²) >= 11 is 0. The second kappa shape index (κ2) is 8.61. The van der Waals surface area contributed by atoms with Crippen LogP contribution in [0, 0.1) is 5.92 Å². The molecule has 2 rings (SSSR count). The highest BCUT2D eigenvalue weighted by atomic mass is 16.6. The number of alkyl carbamates (subject to hydrolysis) is 1. The molecule has 0 aliphatic rings. The molecule has 1 atom stereocenters. The second-order valence-electron chi connectivity index (χ2n) is 7.22. The molecule has 0 radical (unpaired) electrons. The van der Waals surface area contributed by atoms with E-state index in [4.69, 9.17) is 19.9 Å². The molecule has 0 aliphatic carbocycles. The Morgan fingerprint density at radius 3 is 2.63 bits per heavy atom. The van der Waals surface area contributed by atoms with Crippen LogP contribution in [0.15, 0.2) is 18.5 Å². The van der Waals surface area contributed by atoms with Crippen LogP contribution in [-0.2, 0) is 4.74 Å². The first kappa shape index (κ1) is 20.3. The number of rotatable bonds is 7. The van der Waals surface area contributed by atoms with Crippen molar-refractivity contribution in [1.82, 2.24) is 20.5 Å². The molecule has 2 aromatic heterocycles. The Bertz CT molecular complexity index is 769. The van der Waals surface area contributed by atoms with Gasteiger partial charge in [0.25, 0.3) is 0 Å². The summed E-state index contributed by atoms with van der Waals surface area (Å²) < 4.78 is 16.5. The Morgan fingerprint density at radius 1 is 1.33 bits per heavy atom. The summed E-state index contributed by atoms with van der Waals surface area (Å²) in [5.74, 6) is 1.48. The van der Waals surface area contributed by atoms with Gasteiger partial charge in [-0.1, -0.05) is 6.92 Å². The zero-order valence-corrected chi connectivity index (χ0v) is 16.3. The molecule has 4 N–H and O–H groups in total. The standard InChI is InChI=1S/C18H27N5O4/c1-11(7-21-17(24)27-18(2,3)4)10-26-14-9-20-8-13(25-5)16(14)12-6-15(19)23-22-12/h6,8-9,11H,7,10H2,1-5H3,(H,21,24)(H3,19,22,23)/t11-/m0/s1. The van der Waals surface area contributed by atoms with E-state index in [1.54, 1.807) is 25.6 Å². The molecule has 0 saturated heterocycles. The van der Waals surface area contributed by atoms with E-state index >= 15 is 0 Å². The highest BCUT2D eigenvalue weighted by molar-refractivity contribution is 5.74. The van der Waals surface area contributed by atoms with Gasteiger partial charge in [-0.25, -0.2) is 4.79 Å². The number of aromatic amines is 1. The van der Waals surface area contributed by atoms with Crippen LogP contribution >= 0.6 is 0 Å². The van der Waals surface area contributed by atoms with Crippen molar-refractivity contribution in [2.75, 3.05) is 26.0 Å². The average molecular weight is 377 g/mol. The molecule has 0 aliphatic heterocycles. The SMILES string of the molecule is COc1cncc(OC[C@@H](C)CNC(=O)OC(C)(C)C)c1-c1cc(N)n[nH]1. The van der Waals surface area contributed by atoms with Gasteiger partial charge in [0.1, 0.15) is 17.2 Å². The minimum absolute atomic E-state index is 0.0448. The number of hydrogen-bond donors (Lipinski definition) is 3. The maximum atomic E-state index is 11.7. The number of carbonyl (C=O) groups is 1. The van der Waals surface area contributed by atoms with E-state index < -0.39 is 11.7 Å². The summed E-state index contributed by atoms with van der Waals surface area (Å²) in [5, 5.41) is 9.53. The van der Waals surface area contributed by atoms with E-state index in [2.05, 4.69) is 20.5 Å². The number of pyridine rings is 1. The summed E-state index contributed by atoms with van der Waals surface area (Å²) in [6.45, 7) is 8.19. The molecule has 9 heteroatoms. The van der Waals surface area contributed by atoms with Crippen LogP contribution in [-0.4, -0.2) is 47.1 Å². The molecule has 1 amide bonds. The fourth-order valence-corrected chi connectivity index (χ4v) is 2.28. The molecular weight excluding hydrogens is 350 g/mol. The summed E-state index contributed by atoms with van der Waals surface area (Å²) in [4.78, 5) is 15.9. The summed E-state index contributed by atoms with van der Waals surface area (Å²) in [5.41, 5.74) is 6.52. The largest absolute Gasteiger partial charge is 0.494 e. The second-order valence-corrected chi connectivity index (χ2v) is 7.22. The van der Waals surface area contributed by atoms with Crippen LogP contribution < -0.4 is 20.5 Å². The molecule has 27 heavy (non-hydrogen) atoms. The molecule has 148 valence electrons. The molecule has 9 nitrogen and oxygen atoms in total. The fraction of sp³-hybridized carbons (Fsp3) is 0.500. The lowest BCUT2D eigenvalue weighted by Crippen LogP contribution is -2.35. The summed E-state index contributed by atoms with van der Waals surface area (Å²) in [6.07, 6.45) is 2.74. The quantitative estimate of drug-likeness (QED) is 0.677. The Hall–Kier alpha value is -2.97. The third kappa shape index (κ3) is 6.05. The first-order valence-corrected chi connectivity index (χ1v) is 8.62. The smallest absolute Gasteiger partial charge is 0.407 e. The Morgan fingerprint density at radius 2 is 2.04 bits per heavy atom. The van der Waals surface area contributed by atoms with Crippen LogP contribution in [0.25, 0.3) is 11.3 Å². The van der Waals surface area contributed by atoms with E-state index in [1.807, 2.05) is 27.7 Å². The van der Waals surface area contributed by atoms with Gasteiger partial charge in [0.15, 0.2) is 5.75 Å². The zero-order chi connectivity index (χ0) is 20.0. The van der Waals surface area contributed by atoms with Crippen molar-refractivity contribution in [3.63, 3.8) is 0 Å². The molecule has 0 unspecified atom stereocenters. The van der Waals surface area contributed by atoms with E-state index in [0.29, 0.717) is 41.7 Å². The van der Waals surface area contributed by atoms with Gasteiger partial charge in [0, 0.05) is 18.5 Å². The van der Waals surface area contributed by atoms with Gasteiger partial charge in [-0.15, -0.1) is 0 Å². The van der Waals surface area contributed by atoms with Crippen molar-refractivity contribution in [2.45, 2.75) is 33.3 Å². The van der Waals surface area contributed by atoms with Gasteiger partial charge in [-0.2, -0.15) is 5.10 Å². The fourth-order valence-electron chi connectivity index (χ4n) is 2.28. The molecule has 0 fully saturated rings. The van der Waals surface area contributed by atoms with E-state index in [9.17, 15) is 4.79 Å². The van der Waals surface area contributed by atoms with Gasteiger partial charge in [0.2, 0.25) is 0 Å². The molecule has 0 saturated carbocycles. The number of hydrogen-bond acceptors (Lipinski definition) is 7. The monoisotopic (exact) mass is 377 g/mol. The van der Waals surface area contributed by atoms with Gasteiger partial charge >= 0.3 is 6.09 Å².